The molecule has 0 radical (unpaired) electrons. The summed E-state index contributed by atoms with van der Waals surface area (Å²) in [5.41, 5.74) is 3.89. The van der Waals surface area contributed by atoms with E-state index in [1.54, 1.807) is 18.3 Å². The summed E-state index contributed by atoms with van der Waals surface area (Å²) in [6, 6.07) is 0. The Hall–Kier alpha value is -3.25. The normalized spacial score (nSPS) is 15.2. The highest BCUT2D eigenvalue weighted by molar-refractivity contribution is 7.19. The number of hydrogen-bond acceptors (Lipinski definition) is 8. The predicted molar refractivity (Wildman–Crippen MR) is 108 cm³/mol. The third-order valence-corrected chi connectivity index (χ3v) is 6.06. The number of thiazole rings is 1. The zero-order valence-corrected chi connectivity index (χ0v) is 17.2. The maximum Gasteiger partial charge on any atom is 0.164 e. The number of methoxy groups -OCH3 is 1. The highest BCUT2D eigenvalue weighted by atomic mass is 32.1. The monoisotopic (exact) mass is 430 g/mol. The minimum absolute atomic E-state index is 0.321. The second-order valence-corrected chi connectivity index (χ2v) is 7.91. The lowest BCUT2D eigenvalue weighted by molar-refractivity contribution is 0.0115. The molecule has 0 atom stereocenters. The Morgan fingerprint density at radius 1 is 1.27 bits per heavy atom. The number of hydrogen-bond donors (Lipinski definition) is 2. The quantitative estimate of drug-likeness (QED) is 0.502. The van der Waals surface area contributed by atoms with Crippen molar-refractivity contribution in [3.05, 3.63) is 45.9 Å². The van der Waals surface area contributed by atoms with Gasteiger partial charge in [-0.1, -0.05) is 0 Å². The molecule has 30 heavy (non-hydrogen) atoms. The number of fused-ring (bicyclic) bond motifs is 3. The van der Waals surface area contributed by atoms with Crippen LogP contribution >= 0.6 is 11.3 Å². The number of halogens is 1. The molecule has 0 bridgehead atoms. The number of aryl methyl sites for hydroxylation is 1. The summed E-state index contributed by atoms with van der Waals surface area (Å²) in [5.74, 6) is 0.316. The molecule has 2 N–H and O–H groups in total. The highest BCUT2D eigenvalue weighted by Gasteiger charge is 2.22. The van der Waals surface area contributed by atoms with Gasteiger partial charge in [0, 0.05) is 19.0 Å². The molecule has 5 heterocycles. The van der Waals surface area contributed by atoms with Crippen molar-refractivity contribution in [2.75, 3.05) is 13.8 Å². The van der Waals surface area contributed by atoms with Gasteiger partial charge in [-0.15, -0.1) is 11.3 Å². The largest absolute Gasteiger partial charge is 0.493 e. The fraction of sp³-hybridized carbons (Fsp3) is 0.333. The number of nitrogens with zero attached hydrogens (tertiary/aromatic N) is 6. The first-order valence-corrected chi connectivity index (χ1v) is 10.0. The lowest BCUT2D eigenvalue weighted by atomic mass is 10.2. The molecule has 4 aromatic heterocycles. The third kappa shape index (κ3) is 3.23. The highest BCUT2D eigenvalue weighted by Crippen LogP contribution is 2.32. The van der Waals surface area contributed by atoms with Gasteiger partial charge in [-0.3, -0.25) is 15.2 Å². The van der Waals surface area contributed by atoms with E-state index in [1.807, 2.05) is 17.8 Å². The van der Waals surface area contributed by atoms with E-state index in [2.05, 4.69) is 25.5 Å². The van der Waals surface area contributed by atoms with E-state index >= 15 is 0 Å². The van der Waals surface area contributed by atoms with E-state index in [0.29, 0.717) is 37.7 Å². The SMILES string of the molecule is COc1c[nH]nc1CN1COCc2c(c3sc(Cc4n[nH]cc4F)nc3n2C)/C=N\1. The zero-order chi connectivity index (χ0) is 20.7. The van der Waals surface area contributed by atoms with Gasteiger partial charge in [0.25, 0.3) is 0 Å². The first kappa shape index (κ1) is 18.8. The Morgan fingerprint density at radius 3 is 2.90 bits per heavy atom. The number of aromatic amines is 2. The number of aromatic nitrogens is 6. The van der Waals surface area contributed by atoms with Crippen LogP contribution in [0.1, 0.15) is 27.7 Å². The standard InChI is InChI=1S/C18H19FN8O2S/c1-26-14-8-29-9-27(7-13-15(28-2)6-21-25-13)22-4-10(14)17-18(26)23-16(30-17)3-12-11(19)5-20-24-12/h4-6H,3,7-9H2,1-2H3,(H,20,24)(H,21,25)/b22-4-. The molecule has 5 rings (SSSR count). The average molecular weight is 430 g/mol. The topological polar surface area (TPSA) is 109 Å². The van der Waals surface area contributed by atoms with Crippen LogP contribution in [0.3, 0.4) is 0 Å². The van der Waals surface area contributed by atoms with Crippen LogP contribution in [0.15, 0.2) is 17.5 Å². The molecule has 0 fully saturated rings. The minimum Gasteiger partial charge on any atom is -0.493 e. The molecule has 0 amide bonds. The fourth-order valence-electron chi connectivity index (χ4n) is 3.43. The summed E-state index contributed by atoms with van der Waals surface area (Å²) in [4.78, 5) is 4.70. The Bertz CT molecular complexity index is 1220. The molecule has 0 saturated heterocycles. The van der Waals surface area contributed by atoms with Crippen molar-refractivity contribution in [3.8, 4) is 5.75 Å². The summed E-state index contributed by atoms with van der Waals surface area (Å²) in [6.07, 6.45) is 5.10. The third-order valence-electron chi connectivity index (χ3n) is 4.98. The molecular formula is C18H19FN8O2S. The molecule has 10 nitrogen and oxygen atoms in total. The Labute approximate surface area is 174 Å². The lowest BCUT2D eigenvalue weighted by Gasteiger charge is -2.20. The van der Waals surface area contributed by atoms with Crippen LogP contribution in [0.5, 0.6) is 5.75 Å². The maximum absolute atomic E-state index is 13.7. The summed E-state index contributed by atoms with van der Waals surface area (Å²) in [6.45, 7) is 1.20. The van der Waals surface area contributed by atoms with E-state index in [-0.39, 0.29) is 5.82 Å². The average Bonchev–Trinajstić information content (AvgIpc) is 3.47. The molecular weight excluding hydrogens is 411 g/mol. The Morgan fingerprint density at radius 2 is 2.10 bits per heavy atom. The van der Waals surface area contributed by atoms with Gasteiger partial charge >= 0.3 is 0 Å². The van der Waals surface area contributed by atoms with Crippen LogP contribution in [0.2, 0.25) is 0 Å². The van der Waals surface area contributed by atoms with Crippen LogP contribution in [0.4, 0.5) is 4.39 Å². The van der Waals surface area contributed by atoms with E-state index in [9.17, 15) is 4.39 Å². The van der Waals surface area contributed by atoms with Gasteiger partial charge in [0.05, 0.1) is 49.3 Å². The summed E-state index contributed by atoms with van der Waals surface area (Å²) in [7, 11) is 3.55. The molecule has 1 aliphatic rings. The minimum atomic E-state index is -0.357. The van der Waals surface area contributed by atoms with Gasteiger partial charge in [-0.2, -0.15) is 15.3 Å². The molecule has 4 aromatic rings. The van der Waals surface area contributed by atoms with Gasteiger partial charge in [0.2, 0.25) is 0 Å². The van der Waals surface area contributed by atoms with Gasteiger partial charge in [-0.05, 0) is 0 Å². The fourth-order valence-corrected chi connectivity index (χ4v) is 4.56. The second kappa shape index (κ2) is 7.54. The van der Waals surface area contributed by atoms with E-state index in [1.165, 1.54) is 17.5 Å². The molecule has 0 spiro atoms. The zero-order valence-electron chi connectivity index (χ0n) is 16.3. The van der Waals surface area contributed by atoms with E-state index in [0.717, 1.165) is 32.3 Å². The van der Waals surface area contributed by atoms with Crippen LogP contribution in [-0.2, 0) is 31.4 Å². The van der Waals surface area contributed by atoms with Crippen LogP contribution in [0, 0.1) is 5.82 Å². The van der Waals surface area contributed by atoms with Crippen LogP contribution < -0.4 is 4.74 Å². The van der Waals surface area contributed by atoms with Crippen molar-refractivity contribution in [1.29, 1.82) is 0 Å². The van der Waals surface area contributed by atoms with Crippen molar-refractivity contribution in [1.82, 2.24) is 35.0 Å². The number of ether oxygens (including phenoxy) is 2. The Kier molecular flexibility index (Phi) is 4.71. The first-order chi connectivity index (χ1) is 14.6. The van der Waals surface area contributed by atoms with Crippen LogP contribution in [0.25, 0.3) is 10.3 Å². The summed E-state index contributed by atoms with van der Waals surface area (Å²) in [5, 5.41) is 20.7. The second-order valence-electron chi connectivity index (χ2n) is 6.82. The smallest absolute Gasteiger partial charge is 0.164 e. The summed E-state index contributed by atoms with van der Waals surface area (Å²) < 4.78 is 27.9. The van der Waals surface area contributed by atoms with Crippen molar-refractivity contribution in [3.63, 3.8) is 0 Å². The molecule has 1 aliphatic heterocycles. The molecule has 0 unspecified atom stereocenters. The molecule has 0 saturated carbocycles. The van der Waals surface area contributed by atoms with Crippen molar-refractivity contribution < 1.29 is 13.9 Å². The van der Waals surface area contributed by atoms with Crippen molar-refractivity contribution in [2.45, 2.75) is 19.6 Å². The van der Waals surface area contributed by atoms with Gasteiger partial charge in [0.15, 0.2) is 17.2 Å². The number of nitrogens with one attached hydrogen (secondary N) is 2. The van der Waals surface area contributed by atoms with Gasteiger partial charge < -0.3 is 14.0 Å². The number of H-pyrrole nitrogens is 2. The maximum atomic E-state index is 13.7. The molecule has 12 heteroatoms. The molecule has 0 aliphatic carbocycles. The first-order valence-electron chi connectivity index (χ1n) is 9.22. The molecule has 156 valence electrons. The Balaban J connectivity index is 1.45. The number of rotatable bonds is 5. The van der Waals surface area contributed by atoms with Crippen LogP contribution in [-0.4, -0.2) is 55.0 Å². The number of hydrazone groups is 1. The van der Waals surface area contributed by atoms with E-state index < -0.39 is 0 Å². The predicted octanol–water partition coefficient (Wildman–Crippen LogP) is 2.14. The van der Waals surface area contributed by atoms with E-state index in [4.69, 9.17) is 14.5 Å². The molecule has 0 aromatic carbocycles. The van der Waals surface area contributed by atoms with Gasteiger partial charge in [-0.25, -0.2) is 9.37 Å². The van der Waals surface area contributed by atoms with Crippen molar-refractivity contribution in [2.24, 2.45) is 12.1 Å². The van der Waals surface area contributed by atoms with Crippen molar-refractivity contribution >= 4 is 27.9 Å². The lowest BCUT2D eigenvalue weighted by Crippen LogP contribution is -2.23. The summed E-state index contributed by atoms with van der Waals surface area (Å²) >= 11 is 1.51. The van der Waals surface area contributed by atoms with Gasteiger partial charge in [0.1, 0.15) is 23.1 Å².